The summed E-state index contributed by atoms with van der Waals surface area (Å²) in [5.41, 5.74) is 2.10. The lowest BCUT2D eigenvalue weighted by Gasteiger charge is -2.09. The summed E-state index contributed by atoms with van der Waals surface area (Å²) in [4.78, 5) is 7.42. The van der Waals surface area contributed by atoms with Crippen LogP contribution < -0.4 is 0 Å². The number of hydrogen-bond donors (Lipinski definition) is 1. The molecular weight excluding hydrogens is 372 g/mol. The Morgan fingerprint density at radius 1 is 1.10 bits per heavy atom. The minimum Gasteiger partial charge on any atom is -0.377 e. The van der Waals surface area contributed by atoms with Crippen molar-refractivity contribution in [1.29, 1.82) is 0 Å². The van der Waals surface area contributed by atoms with E-state index >= 15 is 0 Å². The summed E-state index contributed by atoms with van der Waals surface area (Å²) >= 11 is 0. The number of aromatic nitrogens is 2. The van der Waals surface area contributed by atoms with Gasteiger partial charge in [-0.25, -0.2) is 4.98 Å². The highest BCUT2D eigenvalue weighted by molar-refractivity contribution is 5.56. The van der Waals surface area contributed by atoms with Crippen LogP contribution in [0.25, 0.3) is 6.08 Å². The lowest BCUT2D eigenvalue weighted by atomic mass is 10.1. The first-order chi connectivity index (χ1) is 14.7. The van der Waals surface area contributed by atoms with Crippen LogP contribution in [-0.4, -0.2) is 35.9 Å². The third-order valence-corrected chi connectivity index (χ3v) is 3.23. The Bertz CT molecular complexity index is 608. The SMILES string of the molecule is C#C.C/C=C\COCCCOC(C)/C=C/C(/C=C\C)=C/c1cnc(C)[nH]1.CC.CC. The summed E-state index contributed by atoms with van der Waals surface area (Å²) in [6.45, 7) is 18.1. The Hall–Kier alpha value is -2.35. The fourth-order valence-electron chi connectivity index (χ4n) is 2.02. The van der Waals surface area contributed by atoms with E-state index in [0.29, 0.717) is 13.2 Å². The van der Waals surface area contributed by atoms with Crippen LogP contribution in [0.15, 0.2) is 48.2 Å². The summed E-state index contributed by atoms with van der Waals surface area (Å²) in [6.07, 6.45) is 25.1. The Kier molecular flexibility index (Phi) is 28.7. The van der Waals surface area contributed by atoms with Crippen LogP contribution in [0, 0.1) is 19.8 Å². The largest absolute Gasteiger partial charge is 0.377 e. The van der Waals surface area contributed by atoms with Crippen molar-refractivity contribution in [1.82, 2.24) is 9.97 Å². The molecule has 0 bridgehead atoms. The molecule has 0 fully saturated rings. The van der Waals surface area contributed by atoms with Crippen molar-refractivity contribution in [2.45, 2.75) is 67.9 Å². The topological polar surface area (TPSA) is 47.1 Å². The molecule has 1 aromatic rings. The third-order valence-electron chi connectivity index (χ3n) is 3.23. The van der Waals surface area contributed by atoms with Gasteiger partial charge in [-0.15, -0.1) is 12.8 Å². The van der Waals surface area contributed by atoms with E-state index in [2.05, 4.69) is 47.1 Å². The van der Waals surface area contributed by atoms with Gasteiger partial charge in [0, 0.05) is 13.2 Å². The molecule has 1 atom stereocenters. The highest BCUT2D eigenvalue weighted by atomic mass is 16.5. The highest BCUT2D eigenvalue weighted by Gasteiger charge is 1.98. The molecule has 30 heavy (non-hydrogen) atoms. The molecule has 1 heterocycles. The summed E-state index contributed by atoms with van der Waals surface area (Å²) in [6, 6.07) is 0. The average molecular weight is 417 g/mol. The second kappa shape index (κ2) is 26.6. The minimum atomic E-state index is 0.0673. The number of terminal acetylenes is 1. The molecule has 1 unspecified atom stereocenters. The number of H-pyrrole nitrogens is 1. The molecule has 1 rings (SSSR count). The van der Waals surface area contributed by atoms with Crippen LogP contribution in [-0.2, 0) is 9.47 Å². The van der Waals surface area contributed by atoms with Crippen LogP contribution in [0.3, 0.4) is 0 Å². The molecule has 0 saturated heterocycles. The molecule has 170 valence electrons. The van der Waals surface area contributed by atoms with Gasteiger partial charge in [-0.2, -0.15) is 0 Å². The molecular formula is C26H44N2O2. The molecule has 0 aliphatic rings. The predicted molar refractivity (Wildman–Crippen MR) is 134 cm³/mol. The number of ether oxygens (including phenoxy) is 2. The molecule has 0 aliphatic carbocycles. The predicted octanol–water partition coefficient (Wildman–Crippen LogP) is 6.92. The van der Waals surface area contributed by atoms with Gasteiger partial charge in [0.05, 0.1) is 24.6 Å². The van der Waals surface area contributed by atoms with Crippen LogP contribution in [0.2, 0.25) is 0 Å². The van der Waals surface area contributed by atoms with E-state index in [1.165, 1.54) is 0 Å². The van der Waals surface area contributed by atoms with Crippen LogP contribution >= 0.6 is 0 Å². The molecule has 1 aromatic heterocycles. The summed E-state index contributed by atoms with van der Waals surface area (Å²) in [7, 11) is 0. The van der Waals surface area contributed by atoms with Gasteiger partial charge in [-0.1, -0.05) is 64.2 Å². The first kappa shape index (κ1) is 32.3. The van der Waals surface area contributed by atoms with Gasteiger partial charge in [0.25, 0.3) is 0 Å². The molecule has 4 nitrogen and oxygen atoms in total. The Morgan fingerprint density at radius 2 is 1.77 bits per heavy atom. The van der Waals surface area contributed by atoms with Gasteiger partial charge in [0.1, 0.15) is 5.82 Å². The maximum Gasteiger partial charge on any atom is 0.103 e. The fraction of sp³-hybridized carbons (Fsp3) is 0.500. The second-order valence-corrected chi connectivity index (χ2v) is 5.50. The zero-order valence-electron chi connectivity index (χ0n) is 20.4. The minimum absolute atomic E-state index is 0.0673. The van der Waals surface area contributed by atoms with Crippen LogP contribution in [0.4, 0.5) is 0 Å². The smallest absolute Gasteiger partial charge is 0.103 e. The summed E-state index contributed by atoms with van der Waals surface area (Å²) in [5, 5.41) is 0. The van der Waals surface area contributed by atoms with E-state index in [1.807, 2.05) is 79.8 Å². The number of rotatable bonds is 11. The van der Waals surface area contributed by atoms with E-state index in [0.717, 1.165) is 30.1 Å². The first-order valence-corrected chi connectivity index (χ1v) is 10.8. The molecule has 1 N–H and O–H groups in total. The summed E-state index contributed by atoms with van der Waals surface area (Å²) in [5.74, 6) is 0.915. The van der Waals surface area contributed by atoms with E-state index in [-0.39, 0.29) is 6.10 Å². The lowest BCUT2D eigenvalue weighted by molar-refractivity contribution is 0.0697. The summed E-state index contributed by atoms with van der Waals surface area (Å²) < 4.78 is 11.2. The third kappa shape index (κ3) is 20.4. The number of imidazole rings is 1. The quantitative estimate of drug-likeness (QED) is 0.184. The van der Waals surface area contributed by atoms with Gasteiger partial charge >= 0.3 is 0 Å². The van der Waals surface area contributed by atoms with Crippen LogP contribution in [0.5, 0.6) is 0 Å². The van der Waals surface area contributed by atoms with Gasteiger partial charge in [-0.05, 0) is 45.8 Å². The lowest BCUT2D eigenvalue weighted by Crippen LogP contribution is -2.08. The highest BCUT2D eigenvalue weighted by Crippen LogP contribution is 2.09. The molecule has 4 heteroatoms. The van der Waals surface area contributed by atoms with E-state index in [1.54, 1.807) is 0 Å². The van der Waals surface area contributed by atoms with Gasteiger partial charge in [0.15, 0.2) is 0 Å². The van der Waals surface area contributed by atoms with E-state index < -0.39 is 0 Å². The van der Waals surface area contributed by atoms with Gasteiger partial charge < -0.3 is 14.5 Å². The Morgan fingerprint density at radius 3 is 2.30 bits per heavy atom. The number of nitrogens with zero attached hydrogens (tertiary/aromatic N) is 1. The molecule has 0 amide bonds. The molecule has 0 radical (unpaired) electrons. The molecule has 0 saturated carbocycles. The number of hydrogen-bond acceptors (Lipinski definition) is 3. The number of allylic oxidation sites excluding steroid dienone is 5. The monoisotopic (exact) mass is 416 g/mol. The second-order valence-electron chi connectivity index (χ2n) is 5.50. The van der Waals surface area contributed by atoms with Crippen molar-refractivity contribution in [3.05, 3.63) is 59.7 Å². The Labute approximate surface area is 186 Å². The van der Waals surface area contributed by atoms with Crippen LogP contribution in [0.1, 0.15) is 66.4 Å². The normalized spacial score (nSPS) is 12.0. The van der Waals surface area contributed by atoms with Crippen molar-refractivity contribution in [2.75, 3.05) is 19.8 Å². The molecule has 0 aliphatic heterocycles. The van der Waals surface area contributed by atoms with Crippen molar-refractivity contribution in [3.63, 3.8) is 0 Å². The van der Waals surface area contributed by atoms with Gasteiger partial charge in [0.2, 0.25) is 0 Å². The zero-order chi connectivity index (χ0) is 23.6. The maximum absolute atomic E-state index is 5.78. The standard InChI is InChI=1S/C20H30N2O2.2C2H6.C2H2/c1-5-7-12-23-13-8-14-24-17(3)10-11-19(9-6-2)15-20-16-21-18(4)22-20;3*1-2/h5-7,9-11,15-17H,8,12-14H2,1-4H3,(H,21,22);2*1-2H3;1-2H/b7-5-,9-6-,11-10+,19-15+;;;. The van der Waals surface area contributed by atoms with Crippen molar-refractivity contribution < 1.29 is 9.47 Å². The number of aromatic amines is 1. The molecule has 0 spiro atoms. The van der Waals surface area contributed by atoms with Crippen molar-refractivity contribution >= 4 is 6.08 Å². The average Bonchev–Trinajstić information content (AvgIpc) is 3.20. The zero-order valence-corrected chi connectivity index (χ0v) is 20.4. The van der Waals surface area contributed by atoms with E-state index in [9.17, 15) is 0 Å². The maximum atomic E-state index is 5.78. The first-order valence-electron chi connectivity index (χ1n) is 10.8. The van der Waals surface area contributed by atoms with E-state index in [4.69, 9.17) is 9.47 Å². The van der Waals surface area contributed by atoms with Crippen molar-refractivity contribution in [2.24, 2.45) is 0 Å². The number of aryl methyl sites for hydroxylation is 1. The fourth-order valence-corrected chi connectivity index (χ4v) is 2.02. The van der Waals surface area contributed by atoms with Gasteiger partial charge in [-0.3, -0.25) is 0 Å². The Balaban J connectivity index is -0.00000111. The van der Waals surface area contributed by atoms with Crippen molar-refractivity contribution in [3.8, 4) is 12.8 Å². The number of nitrogens with one attached hydrogen (secondary N) is 1. The molecule has 0 aromatic carbocycles.